The summed E-state index contributed by atoms with van der Waals surface area (Å²) in [6.07, 6.45) is 2.06. The van der Waals surface area contributed by atoms with Crippen LogP contribution in [0, 0.1) is 13.8 Å². The number of hydrogen-bond acceptors (Lipinski definition) is 2. The molecular formula is C14H22N2O. The van der Waals surface area contributed by atoms with E-state index in [4.69, 9.17) is 5.73 Å². The van der Waals surface area contributed by atoms with Crippen LogP contribution in [0.25, 0.3) is 0 Å². The summed E-state index contributed by atoms with van der Waals surface area (Å²) in [5.74, 6) is -0.0323. The van der Waals surface area contributed by atoms with Gasteiger partial charge < -0.3 is 11.1 Å². The van der Waals surface area contributed by atoms with Crippen molar-refractivity contribution in [3.63, 3.8) is 0 Å². The van der Waals surface area contributed by atoms with Gasteiger partial charge >= 0.3 is 0 Å². The molecule has 0 saturated heterocycles. The SMILES string of the molecule is CCCC(C)NC(=O)c1cc(N)c(C)cc1C. The summed E-state index contributed by atoms with van der Waals surface area (Å²) < 4.78 is 0. The fourth-order valence-electron chi connectivity index (χ4n) is 1.92. The van der Waals surface area contributed by atoms with Gasteiger partial charge in [0.15, 0.2) is 0 Å². The Morgan fingerprint density at radius 1 is 1.35 bits per heavy atom. The molecule has 0 radical (unpaired) electrons. The van der Waals surface area contributed by atoms with E-state index in [-0.39, 0.29) is 11.9 Å². The minimum Gasteiger partial charge on any atom is -0.398 e. The molecule has 0 aliphatic heterocycles. The van der Waals surface area contributed by atoms with Crippen LogP contribution < -0.4 is 11.1 Å². The summed E-state index contributed by atoms with van der Waals surface area (Å²) >= 11 is 0. The number of nitrogens with one attached hydrogen (secondary N) is 1. The van der Waals surface area contributed by atoms with Gasteiger partial charge in [0.1, 0.15) is 0 Å². The monoisotopic (exact) mass is 234 g/mol. The van der Waals surface area contributed by atoms with Crippen LogP contribution in [-0.4, -0.2) is 11.9 Å². The normalized spacial score (nSPS) is 12.2. The second kappa shape index (κ2) is 5.71. The molecule has 3 nitrogen and oxygen atoms in total. The first-order valence-electron chi connectivity index (χ1n) is 6.13. The van der Waals surface area contributed by atoms with E-state index >= 15 is 0 Å². The quantitative estimate of drug-likeness (QED) is 0.787. The molecule has 1 aromatic carbocycles. The lowest BCUT2D eigenvalue weighted by molar-refractivity contribution is 0.0938. The Kier molecular flexibility index (Phi) is 4.55. The molecule has 0 aliphatic carbocycles. The third-order valence-corrected chi connectivity index (χ3v) is 2.96. The fourth-order valence-corrected chi connectivity index (χ4v) is 1.92. The summed E-state index contributed by atoms with van der Waals surface area (Å²) in [6, 6.07) is 3.92. The summed E-state index contributed by atoms with van der Waals surface area (Å²) in [5, 5.41) is 2.99. The number of carbonyl (C=O) groups is 1. The van der Waals surface area contributed by atoms with Crippen LogP contribution in [0.4, 0.5) is 5.69 Å². The summed E-state index contributed by atoms with van der Waals surface area (Å²) in [5.41, 5.74) is 9.17. The summed E-state index contributed by atoms with van der Waals surface area (Å²) in [4.78, 5) is 12.0. The number of carbonyl (C=O) groups excluding carboxylic acids is 1. The molecule has 1 unspecified atom stereocenters. The molecule has 0 fully saturated rings. The Hall–Kier alpha value is -1.51. The van der Waals surface area contributed by atoms with Crippen molar-refractivity contribution in [3.05, 3.63) is 28.8 Å². The van der Waals surface area contributed by atoms with E-state index in [0.29, 0.717) is 11.3 Å². The zero-order valence-electron chi connectivity index (χ0n) is 11.1. The predicted octanol–water partition coefficient (Wildman–Crippen LogP) is 2.80. The van der Waals surface area contributed by atoms with Gasteiger partial charge in [0, 0.05) is 17.3 Å². The average molecular weight is 234 g/mol. The molecule has 0 aromatic heterocycles. The van der Waals surface area contributed by atoms with Crippen LogP contribution in [0.15, 0.2) is 12.1 Å². The third kappa shape index (κ3) is 3.48. The van der Waals surface area contributed by atoms with Crippen molar-refractivity contribution in [1.29, 1.82) is 0 Å². The van der Waals surface area contributed by atoms with Crippen molar-refractivity contribution < 1.29 is 4.79 Å². The number of nitrogen functional groups attached to an aromatic ring is 1. The first kappa shape index (κ1) is 13.6. The van der Waals surface area contributed by atoms with Crippen molar-refractivity contribution in [1.82, 2.24) is 5.32 Å². The molecule has 0 saturated carbocycles. The molecule has 1 rings (SSSR count). The van der Waals surface area contributed by atoms with Gasteiger partial charge in [-0.3, -0.25) is 4.79 Å². The molecule has 17 heavy (non-hydrogen) atoms. The van der Waals surface area contributed by atoms with E-state index in [1.165, 1.54) is 0 Å². The van der Waals surface area contributed by atoms with E-state index in [1.54, 1.807) is 6.07 Å². The van der Waals surface area contributed by atoms with E-state index in [2.05, 4.69) is 12.2 Å². The molecule has 3 heteroatoms. The van der Waals surface area contributed by atoms with Crippen LogP contribution in [0.3, 0.4) is 0 Å². The molecule has 94 valence electrons. The number of benzene rings is 1. The minimum absolute atomic E-state index is 0.0323. The Morgan fingerprint density at radius 3 is 2.59 bits per heavy atom. The van der Waals surface area contributed by atoms with Crippen molar-refractivity contribution in [2.24, 2.45) is 0 Å². The number of aryl methyl sites for hydroxylation is 2. The number of rotatable bonds is 4. The molecule has 1 atom stereocenters. The van der Waals surface area contributed by atoms with Gasteiger partial charge in [-0.1, -0.05) is 19.4 Å². The molecule has 1 aromatic rings. The maximum Gasteiger partial charge on any atom is 0.251 e. The number of hydrogen-bond donors (Lipinski definition) is 2. The molecule has 1 amide bonds. The van der Waals surface area contributed by atoms with Gasteiger partial charge in [0.25, 0.3) is 5.91 Å². The lowest BCUT2D eigenvalue weighted by Crippen LogP contribution is -2.32. The Bertz CT molecular complexity index is 413. The largest absolute Gasteiger partial charge is 0.398 e. The Morgan fingerprint density at radius 2 is 2.00 bits per heavy atom. The highest BCUT2D eigenvalue weighted by Crippen LogP contribution is 2.17. The number of anilines is 1. The van der Waals surface area contributed by atoms with Crippen LogP contribution >= 0.6 is 0 Å². The van der Waals surface area contributed by atoms with Crippen LogP contribution in [-0.2, 0) is 0 Å². The highest BCUT2D eigenvalue weighted by Gasteiger charge is 2.12. The zero-order chi connectivity index (χ0) is 13.0. The molecule has 0 spiro atoms. The van der Waals surface area contributed by atoms with Gasteiger partial charge in [-0.25, -0.2) is 0 Å². The van der Waals surface area contributed by atoms with Crippen LogP contribution in [0.2, 0.25) is 0 Å². The average Bonchev–Trinajstić information content (AvgIpc) is 2.23. The highest BCUT2D eigenvalue weighted by atomic mass is 16.1. The van der Waals surface area contributed by atoms with Crippen LogP contribution in [0.1, 0.15) is 48.2 Å². The van der Waals surface area contributed by atoms with E-state index in [0.717, 1.165) is 24.0 Å². The molecule has 0 aliphatic rings. The van der Waals surface area contributed by atoms with Crippen molar-refractivity contribution in [2.45, 2.75) is 46.6 Å². The maximum absolute atomic E-state index is 12.0. The lowest BCUT2D eigenvalue weighted by Gasteiger charge is -2.15. The van der Waals surface area contributed by atoms with Crippen LogP contribution in [0.5, 0.6) is 0 Å². The lowest BCUT2D eigenvalue weighted by atomic mass is 10.0. The molecule has 3 N–H and O–H groups in total. The van der Waals surface area contributed by atoms with Gasteiger partial charge in [-0.2, -0.15) is 0 Å². The summed E-state index contributed by atoms with van der Waals surface area (Å²) in [6.45, 7) is 8.02. The predicted molar refractivity (Wildman–Crippen MR) is 72.2 cm³/mol. The highest BCUT2D eigenvalue weighted by molar-refractivity contribution is 5.96. The minimum atomic E-state index is -0.0323. The topological polar surface area (TPSA) is 55.1 Å². The smallest absolute Gasteiger partial charge is 0.251 e. The second-order valence-electron chi connectivity index (χ2n) is 4.69. The Labute approximate surface area is 103 Å². The molecule has 0 heterocycles. The zero-order valence-corrected chi connectivity index (χ0v) is 11.1. The van der Waals surface area contributed by atoms with Gasteiger partial charge in [-0.15, -0.1) is 0 Å². The Balaban J connectivity index is 2.86. The fraction of sp³-hybridized carbons (Fsp3) is 0.500. The van der Waals surface area contributed by atoms with Crippen molar-refractivity contribution in [3.8, 4) is 0 Å². The van der Waals surface area contributed by atoms with Gasteiger partial charge in [-0.05, 0) is 44.4 Å². The standard InChI is InChI=1S/C14H22N2O/c1-5-6-11(4)16-14(17)12-8-13(15)10(3)7-9(12)2/h7-8,11H,5-6,15H2,1-4H3,(H,16,17). The third-order valence-electron chi connectivity index (χ3n) is 2.96. The second-order valence-corrected chi connectivity index (χ2v) is 4.69. The van der Waals surface area contributed by atoms with Gasteiger partial charge in [0.05, 0.1) is 0 Å². The summed E-state index contributed by atoms with van der Waals surface area (Å²) in [7, 11) is 0. The van der Waals surface area contributed by atoms with E-state index in [1.807, 2.05) is 26.8 Å². The first-order chi connectivity index (χ1) is 7.95. The van der Waals surface area contributed by atoms with Crippen molar-refractivity contribution in [2.75, 3.05) is 5.73 Å². The van der Waals surface area contributed by atoms with Crippen molar-refractivity contribution >= 4 is 11.6 Å². The molecule has 0 bridgehead atoms. The number of nitrogens with two attached hydrogens (primary N) is 1. The first-order valence-corrected chi connectivity index (χ1v) is 6.13. The maximum atomic E-state index is 12.0. The van der Waals surface area contributed by atoms with E-state index in [9.17, 15) is 4.79 Å². The van der Waals surface area contributed by atoms with Gasteiger partial charge in [0.2, 0.25) is 0 Å². The molecular weight excluding hydrogens is 212 g/mol. The number of amides is 1. The van der Waals surface area contributed by atoms with E-state index < -0.39 is 0 Å².